The Balaban J connectivity index is 2.30. The van der Waals surface area contributed by atoms with Gasteiger partial charge in [-0.15, -0.1) is 0 Å². The van der Waals surface area contributed by atoms with Gasteiger partial charge in [0.2, 0.25) is 0 Å². The minimum absolute atomic E-state index is 0.694. The molecule has 0 N–H and O–H groups in total. The lowest BCUT2D eigenvalue weighted by Gasteiger charge is -2.06. The van der Waals surface area contributed by atoms with Gasteiger partial charge < -0.3 is 4.74 Å². The molecule has 1 rings (SSSR count). The van der Waals surface area contributed by atoms with Gasteiger partial charge in [-0.05, 0) is 18.9 Å². The van der Waals surface area contributed by atoms with Crippen molar-refractivity contribution in [2.45, 2.75) is 46.3 Å². The minimum atomic E-state index is 0.694. The van der Waals surface area contributed by atoms with Gasteiger partial charge in [0.15, 0.2) is 0 Å². The molecule has 0 unspecified atom stereocenters. The van der Waals surface area contributed by atoms with Crippen LogP contribution in [-0.4, -0.2) is 16.4 Å². The highest BCUT2D eigenvalue weighted by atomic mass is 16.5. The van der Waals surface area contributed by atoms with Crippen LogP contribution in [0.15, 0.2) is 12.3 Å². The number of nitrogens with zero attached hydrogens (tertiary/aromatic N) is 2. The normalized spacial score (nSPS) is 10.7. The lowest BCUT2D eigenvalue weighted by molar-refractivity contribution is 0.112. The maximum absolute atomic E-state index is 5.54. The van der Waals surface area contributed by atoms with Gasteiger partial charge in [-0.25, -0.2) is 0 Å². The van der Waals surface area contributed by atoms with Gasteiger partial charge in [-0.1, -0.05) is 20.3 Å². The highest BCUT2D eigenvalue weighted by Crippen LogP contribution is 2.03. The molecule has 0 amide bonds. The second kappa shape index (κ2) is 6.60. The fraction of sp³-hybridized carbons (Fsp3) is 0.727. The molecule has 0 bridgehead atoms. The number of hydrogen-bond acceptors (Lipinski definition) is 2. The largest absolute Gasteiger partial charge is 0.375 e. The molecule has 0 saturated heterocycles. The summed E-state index contributed by atoms with van der Waals surface area (Å²) in [6.07, 6.45) is 5.29. The van der Waals surface area contributed by atoms with E-state index in [1.54, 1.807) is 0 Å². The van der Waals surface area contributed by atoms with E-state index >= 15 is 0 Å². The predicted octanol–water partition coefficient (Wildman–Crippen LogP) is 2.61. The molecule has 0 aliphatic rings. The summed E-state index contributed by atoms with van der Waals surface area (Å²) in [5.41, 5.74) is 1.18. The van der Waals surface area contributed by atoms with E-state index in [4.69, 9.17) is 4.74 Å². The molecule has 14 heavy (non-hydrogen) atoms. The van der Waals surface area contributed by atoms with Crippen LogP contribution in [0.4, 0.5) is 0 Å². The number of hydrogen-bond donors (Lipinski definition) is 0. The van der Waals surface area contributed by atoms with Crippen molar-refractivity contribution in [3.8, 4) is 0 Å². The van der Waals surface area contributed by atoms with Gasteiger partial charge in [0.1, 0.15) is 0 Å². The van der Waals surface area contributed by atoms with Gasteiger partial charge in [0.25, 0.3) is 0 Å². The number of rotatable bonds is 7. The molecule has 0 fully saturated rings. The Morgan fingerprint density at radius 1 is 1.36 bits per heavy atom. The lowest BCUT2D eigenvalue weighted by atomic mass is 10.3. The molecule has 80 valence electrons. The number of aryl methyl sites for hydroxylation is 1. The quantitative estimate of drug-likeness (QED) is 0.627. The minimum Gasteiger partial charge on any atom is -0.375 e. The number of ether oxygens (including phenoxy) is 1. The maximum Gasteiger partial charge on any atom is 0.0884 e. The maximum atomic E-state index is 5.54. The summed E-state index contributed by atoms with van der Waals surface area (Å²) in [5.74, 6) is 0. The van der Waals surface area contributed by atoms with Crippen molar-refractivity contribution in [2.75, 3.05) is 6.61 Å². The zero-order chi connectivity index (χ0) is 10.2. The van der Waals surface area contributed by atoms with Crippen LogP contribution in [0.2, 0.25) is 0 Å². The molecular formula is C11H20N2O. The van der Waals surface area contributed by atoms with Gasteiger partial charge in [0, 0.05) is 19.3 Å². The van der Waals surface area contributed by atoms with Crippen molar-refractivity contribution in [3.63, 3.8) is 0 Å². The molecule has 0 aromatic carbocycles. The Labute approximate surface area is 86.1 Å². The summed E-state index contributed by atoms with van der Waals surface area (Å²) >= 11 is 0. The number of aromatic nitrogens is 2. The van der Waals surface area contributed by atoms with Crippen molar-refractivity contribution in [3.05, 3.63) is 18.0 Å². The molecular weight excluding hydrogens is 176 g/mol. The van der Waals surface area contributed by atoms with Crippen LogP contribution in [0.3, 0.4) is 0 Å². The van der Waals surface area contributed by atoms with Crippen molar-refractivity contribution in [1.29, 1.82) is 0 Å². The molecule has 0 saturated carbocycles. The van der Waals surface area contributed by atoms with E-state index in [9.17, 15) is 0 Å². The van der Waals surface area contributed by atoms with Gasteiger partial charge in [0.05, 0.1) is 12.3 Å². The van der Waals surface area contributed by atoms with Gasteiger partial charge in [-0.3, -0.25) is 4.68 Å². The Morgan fingerprint density at radius 2 is 2.21 bits per heavy atom. The summed E-state index contributed by atoms with van der Waals surface area (Å²) < 4.78 is 7.56. The zero-order valence-corrected chi connectivity index (χ0v) is 9.20. The van der Waals surface area contributed by atoms with Crippen molar-refractivity contribution < 1.29 is 4.74 Å². The van der Waals surface area contributed by atoms with E-state index in [1.807, 2.05) is 16.9 Å². The van der Waals surface area contributed by atoms with Gasteiger partial charge in [-0.2, -0.15) is 5.10 Å². The monoisotopic (exact) mass is 196 g/mol. The molecule has 0 aliphatic heterocycles. The van der Waals surface area contributed by atoms with E-state index in [2.05, 4.69) is 18.9 Å². The first-order valence-electron chi connectivity index (χ1n) is 5.47. The molecule has 1 heterocycles. The highest BCUT2D eigenvalue weighted by molar-refractivity contribution is 4.98. The van der Waals surface area contributed by atoms with Crippen molar-refractivity contribution in [2.24, 2.45) is 0 Å². The SMILES string of the molecule is CCCCOCc1ccnn1CCC. The van der Waals surface area contributed by atoms with Crippen LogP contribution in [0.5, 0.6) is 0 Å². The standard InChI is InChI=1S/C11H20N2O/c1-3-5-9-14-10-11-6-7-12-13(11)8-4-2/h6-7H,3-5,8-10H2,1-2H3. The van der Waals surface area contributed by atoms with Crippen LogP contribution in [-0.2, 0) is 17.9 Å². The lowest BCUT2D eigenvalue weighted by Crippen LogP contribution is -2.06. The average Bonchev–Trinajstić information content (AvgIpc) is 2.61. The first-order valence-corrected chi connectivity index (χ1v) is 5.47. The topological polar surface area (TPSA) is 27.1 Å². The summed E-state index contributed by atoms with van der Waals surface area (Å²) in [7, 11) is 0. The van der Waals surface area contributed by atoms with Gasteiger partial charge >= 0.3 is 0 Å². The second-order valence-corrected chi connectivity index (χ2v) is 3.45. The second-order valence-electron chi connectivity index (χ2n) is 3.45. The summed E-state index contributed by atoms with van der Waals surface area (Å²) in [6, 6.07) is 2.03. The van der Waals surface area contributed by atoms with Crippen LogP contribution < -0.4 is 0 Å². The first kappa shape index (κ1) is 11.2. The summed E-state index contributed by atoms with van der Waals surface area (Å²) in [6.45, 7) is 6.86. The molecule has 3 nitrogen and oxygen atoms in total. The molecule has 0 spiro atoms. The zero-order valence-electron chi connectivity index (χ0n) is 9.20. The van der Waals surface area contributed by atoms with Crippen LogP contribution in [0.1, 0.15) is 38.8 Å². The Morgan fingerprint density at radius 3 is 2.93 bits per heavy atom. The molecule has 0 aliphatic carbocycles. The van der Waals surface area contributed by atoms with E-state index in [0.29, 0.717) is 6.61 Å². The van der Waals surface area contributed by atoms with E-state index < -0.39 is 0 Å². The third-order valence-electron chi connectivity index (χ3n) is 2.13. The number of unbranched alkanes of at least 4 members (excludes halogenated alkanes) is 1. The van der Waals surface area contributed by atoms with Crippen molar-refractivity contribution >= 4 is 0 Å². The summed E-state index contributed by atoms with van der Waals surface area (Å²) in [4.78, 5) is 0. The van der Waals surface area contributed by atoms with Crippen LogP contribution in [0, 0.1) is 0 Å². The molecule has 3 heteroatoms. The Hall–Kier alpha value is -0.830. The Kier molecular flexibility index (Phi) is 5.30. The average molecular weight is 196 g/mol. The van der Waals surface area contributed by atoms with Crippen LogP contribution in [0.25, 0.3) is 0 Å². The van der Waals surface area contributed by atoms with E-state index in [-0.39, 0.29) is 0 Å². The molecule has 1 aromatic rings. The third-order valence-corrected chi connectivity index (χ3v) is 2.13. The predicted molar refractivity (Wildman–Crippen MR) is 57.1 cm³/mol. The third kappa shape index (κ3) is 3.50. The molecule has 0 atom stereocenters. The fourth-order valence-electron chi connectivity index (χ4n) is 1.32. The molecule has 1 aromatic heterocycles. The Bertz CT molecular complexity index is 245. The summed E-state index contributed by atoms with van der Waals surface area (Å²) in [5, 5.41) is 4.24. The van der Waals surface area contributed by atoms with Crippen LogP contribution >= 0.6 is 0 Å². The molecule has 0 radical (unpaired) electrons. The van der Waals surface area contributed by atoms with E-state index in [0.717, 1.165) is 26.0 Å². The smallest absolute Gasteiger partial charge is 0.0884 e. The fourth-order valence-corrected chi connectivity index (χ4v) is 1.32. The van der Waals surface area contributed by atoms with E-state index in [1.165, 1.54) is 12.1 Å². The van der Waals surface area contributed by atoms with Crippen molar-refractivity contribution in [1.82, 2.24) is 9.78 Å². The highest BCUT2D eigenvalue weighted by Gasteiger charge is 2.00. The first-order chi connectivity index (χ1) is 6.88.